The summed E-state index contributed by atoms with van der Waals surface area (Å²) in [5, 5.41) is 20.9. The second-order valence-corrected chi connectivity index (χ2v) is 23.8. The first-order chi connectivity index (χ1) is 34.2. The average molecular weight is 1050 g/mol. The summed E-state index contributed by atoms with van der Waals surface area (Å²) in [6.07, 6.45) is 8.80. The third kappa shape index (κ3) is 11.8. The lowest BCUT2D eigenvalue weighted by Gasteiger charge is -2.42. The van der Waals surface area contributed by atoms with Gasteiger partial charge >= 0.3 is 0 Å². The normalized spacial score (nSPS) is 23.2. The minimum atomic E-state index is -1.98. The van der Waals surface area contributed by atoms with Crippen molar-refractivity contribution in [1.29, 1.82) is 0 Å². The SMILES string of the molecule is Cc1ncsc1-c1ccc(CNC(=O)[C@@H]2C[C@@H](O)CN2C(=O)[C@@H](NC(=O)C2(F)CC2)C(C)(C)C)c(OC2CCC(C(=O)N3CC(Nc4nccc(Sc5cnc(N6CCC(C)(N)CC6)cn5)c4Cl)C3)CC2)c1. The average Bonchev–Trinajstić information content (AvgIpc) is 3.74. The van der Waals surface area contributed by atoms with Crippen LogP contribution < -0.4 is 31.3 Å². The van der Waals surface area contributed by atoms with Crippen molar-refractivity contribution in [3.8, 4) is 16.2 Å². The molecular formula is C51H65ClFN11O6S2. The number of nitrogens with two attached hydrogens (primary N) is 1. The number of ether oxygens (including phenoxy) is 1. The number of likely N-dealkylation sites (tertiary alicyclic amines) is 2. The summed E-state index contributed by atoms with van der Waals surface area (Å²) in [6.45, 7) is 12.1. The number of rotatable bonds is 15. The fourth-order valence-corrected chi connectivity index (χ4v) is 11.7. The highest BCUT2D eigenvalue weighted by Crippen LogP contribution is 2.41. The van der Waals surface area contributed by atoms with E-state index in [-0.39, 0.29) is 61.9 Å². The Kier molecular flexibility index (Phi) is 15.1. The molecule has 2 aliphatic carbocycles. The highest BCUT2D eigenvalue weighted by atomic mass is 35.5. The summed E-state index contributed by atoms with van der Waals surface area (Å²) in [4.78, 5) is 79.9. The minimum Gasteiger partial charge on any atom is -0.490 e. The van der Waals surface area contributed by atoms with Gasteiger partial charge < -0.3 is 46.2 Å². The number of amides is 4. The Balaban J connectivity index is 0.777. The summed E-state index contributed by atoms with van der Waals surface area (Å²) in [5.74, 6) is 0.125. The number of aliphatic hydroxyl groups is 1. The van der Waals surface area contributed by atoms with Crippen molar-refractivity contribution in [3.63, 3.8) is 0 Å². The van der Waals surface area contributed by atoms with Gasteiger partial charge in [-0.25, -0.2) is 24.3 Å². The number of aromatic nitrogens is 4. The van der Waals surface area contributed by atoms with Gasteiger partial charge in [-0.1, -0.05) is 56.3 Å². The molecule has 0 unspecified atom stereocenters. The lowest BCUT2D eigenvalue weighted by Crippen LogP contribution is -2.59. The van der Waals surface area contributed by atoms with Gasteiger partial charge in [-0.05, 0) is 88.3 Å². The molecule has 72 heavy (non-hydrogen) atoms. The van der Waals surface area contributed by atoms with Gasteiger partial charge in [0.05, 0.1) is 51.7 Å². The van der Waals surface area contributed by atoms with Gasteiger partial charge in [0.1, 0.15) is 34.5 Å². The van der Waals surface area contributed by atoms with E-state index in [0.29, 0.717) is 55.4 Å². The molecule has 3 saturated heterocycles. The van der Waals surface area contributed by atoms with E-state index >= 15 is 0 Å². The largest absolute Gasteiger partial charge is 0.490 e. The number of nitrogens with one attached hydrogen (secondary N) is 3. The zero-order valence-corrected chi connectivity index (χ0v) is 43.8. The molecule has 4 aromatic rings. The van der Waals surface area contributed by atoms with Gasteiger partial charge in [0, 0.05) is 73.8 Å². The Morgan fingerprint density at radius 2 is 1.75 bits per heavy atom. The Labute approximate surface area is 433 Å². The van der Waals surface area contributed by atoms with E-state index in [1.54, 1.807) is 44.9 Å². The molecule has 3 aromatic heterocycles. The van der Waals surface area contributed by atoms with Crippen molar-refractivity contribution in [2.75, 3.05) is 42.9 Å². The summed E-state index contributed by atoms with van der Waals surface area (Å²) < 4.78 is 21.4. The first-order valence-electron chi connectivity index (χ1n) is 24.9. The van der Waals surface area contributed by atoms with Crippen LogP contribution in [0.4, 0.5) is 16.0 Å². The van der Waals surface area contributed by atoms with Crippen molar-refractivity contribution < 1.29 is 33.4 Å². The van der Waals surface area contributed by atoms with Crippen LogP contribution in [0.2, 0.25) is 5.02 Å². The molecule has 21 heteroatoms. The molecule has 0 bridgehead atoms. The van der Waals surface area contributed by atoms with Crippen LogP contribution in [-0.2, 0) is 25.7 Å². The number of hydrogen-bond acceptors (Lipinski definition) is 15. The highest BCUT2D eigenvalue weighted by molar-refractivity contribution is 7.99. The van der Waals surface area contributed by atoms with Crippen molar-refractivity contribution in [3.05, 3.63) is 64.6 Å². The van der Waals surface area contributed by atoms with E-state index in [9.17, 15) is 28.7 Å². The third-order valence-electron chi connectivity index (χ3n) is 14.6. The third-order valence-corrected chi connectivity index (χ3v) is 17.1. The van der Waals surface area contributed by atoms with E-state index in [2.05, 4.69) is 47.7 Å². The molecular weight excluding hydrogens is 981 g/mol. The lowest BCUT2D eigenvalue weighted by molar-refractivity contribution is -0.145. The van der Waals surface area contributed by atoms with E-state index in [1.165, 1.54) is 28.0 Å². The maximum Gasteiger partial charge on any atom is 0.258 e. The van der Waals surface area contributed by atoms with Crippen molar-refractivity contribution >= 4 is 70.0 Å². The molecule has 0 radical (unpaired) electrons. The number of pyridine rings is 1. The first-order valence-corrected chi connectivity index (χ1v) is 27.0. The molecule has 6 heterocycles. The molecule has 17 nitrogen and oxygen atoms in total. The monoisotopic (exact) mass is 1050 g/mol. The maximum atomic E-state index is 14.7. The Hall–Kier alpha value is -5.15. The fraction of sp³-hybridized carbons (Fsp3) is 0.569. The number of halogens is 2. The fourth-order valence-electron chi connectivity index (χ4n) is 9.85. The molecule has 5 aliphatic rings. The molecule has 3 atom stereocenters. The quantitative estimate of drug-likeness (QED) is 0.0883. The summed E-state index contributed by atoms with van der Waals surface area (Å²) in [7, 11) is 0. The number of thiazole rings is 1. The predicted octanol–water partition coefficient (Wildman–Crippen LogP) is 6.30. The zero-order chi connectivity index (χ0) is 51.1. The molecule has 4 amide bonds. The number of benzene rings is 1. The van der Waals surface area contributed by atoms with Crippen LogP contribution in [0.3, 0.4) is 0 Å². The second-order valence-electron chi connectivity index (χ2n) is 21.5. The Bertz CT molecular complexity index is 2640. The molecule has 0 spiro atoms. The van der Waals surface area contributed by atoms with E-state index < -0.39 is 47.0 Å². The molecule has 386 valence electrons. The van der Waals surface area contributed by atoms with E-state index in [0.717, 1.165) is 63.4 Å². The maximum absolute atomic E-state index is 14.7. The van der Waals surface area contributed by atoms with Crippen LogP contribution in [0.25, 0.3) is 10.4 Å². The van der Waals surface area contributed by atoms with Gasteiger partial charge in [-0.2, -0.15) is 0 Å². The highest BCUT2D eigenvalue weighted by Gasteiger charge is 2.53. The van der Waals surface area contributed by atoms with Crippen molar-refractivity contribution in [2.45, 2.75) is 150 Å². The second kappa shape index (κ2) is 21.0. The van der Waals surface area contributed by atoms with Gasteiger partial charge in [-0.3, -0.25) is 19.2 Å². The molecule has 9 rings (SSSR count). The minimum absolute atomic E-state index is 0.00102. The van der Waals surface area contributed by atoms with Gasteiger partial charge in [0.25, 0.3) is 5.91 Å². The topological polar surface area (TPSA) is 221 Å². The van der Waals surface area contributed by atoms with Crippen molar-refractivity contribution in [2.24, 2.45) is 17.1 Å². The number of carbonyl (C=O) groups is 4. The van der Waals surface area contributed by atoms with Crippen LogP contribution in [0, 0.1) is 18.3 Å². The number of hydrogen-bond donors (Lipinski definition) is 5. The molecule has 6 N–H and O–H groups in total. The Morgan fingerprint density at radius 3 is 2.40 bits per heavy atom. The van der Waals surface area contributed by atoms with Crippen LogP contribution in [-0.4, -0.2) is 133 Å². The molecule has 3 aliphatic heterocycles. The van der Waals surface area contributed by atoms with Crippen molar-refractivity contribution in [1.82, 2.24) is 40.4 Å². The molecule has 2 saturated carbocycles. The van der Waals surface area contributed by atoms with Crippen LogP contribution in [0.1, 0.15) is 96.7 Å². The number of anilines is 2. The molecule has 1 aromatic carbocycles. The number of β-amino-alcohol motifs (C(OH)–C–C–N with tert-alkyl or cyclic N) is 1. The smallest absolute Gasteiger partial charge is 0.258 e. The van der Waals surface area contributed by atoms with Crippen LogP contribution >= 0.6 is 34.7 Å². The number of nitrogens with zero attached hydrogens (tertiary/aromatic N) is 7. The number of piperidine rings is 1. The predicted molar refractivity (Wildman–Crippen MR) is 275 cm³/mol. The van der Waals surface area contributed by atoms with E-state index in [4.69, 9.17) is 22.1 Å². The Morgan fingerprint density at radius 1 is 1.01 bits per heavy atom. The summed E-state index contributed by atoms with van der Waals surface area (Å²) in [5.41, 5.74) is 7.71. The summed E-state index contributed by atoms with van der Waals surface area (Å²) in [6, 6.07) is 5.57. The van der Waals surface area contributed by atoms with Gasteiger partial charge in [-0.15, -0.1) is 11.3 Å². The number of aryl methyl sites for hydroxylation is 1. The van der Waals surface area contributed by atoms with Gasteiger partial charge in [0.15, 0.2) is 5.67 Å². The van der Waals surface area contributed by atoms with Gasteiger partial charge in [0.2, 0.25) is 17.7 Å². The zero-order valence-electron chi connectivity index (χ0n) is 41.5. The standard InChI is InChI=1S/C51H65ClFN11O6S2/c1-29-42(71-28-59-29)31-6-7-32(22-58-45(66)36-21-34(65)27-64(36)47(68)43(49(2,3)4)61-48(69)51(53)13-14-51)37(20-31)70-35-10-8-30(9-11-35)46(67)63-25-33(26-63)60-44-41(52)38(12-17-55-44)72-40-24-56-39(23-57-40)62-18-15-50(5,54)16-19-62/h6-7,12,17,20,23-24,28,30,33-36,43,65H,8-11,13-16,18-19,21-22,25-27,54H2,1-5H3,(H,55,60)(H,58,66)(H,61,69)/t30?,34-,35?,36+,43-/m1/s1. The van der Waals surface area contributed by atoms with Crippen LogP contribution in [0.15, 0.2) is 58.3 Å². The van der Waals surface area contributed by atoms with E-state index in [1.807, 2.05) is 36.1 Å². The first kappa shape index (κ1) is 51.7. The number of alkyl halides is 1. The number of aliphatic hydroxyl groups excluding tert-OH is 1. The van der Waals surface area contributed by atoms with Crippen LogP contribution in [0.5, 0.6) is 5.75 Å². The molecule has 5 fully saturated rings. The lowest BCUT2D eigenvalue weighted by atomic mass is 9.85. The number of carbonyl (C=O) groups excluding carboxylic acids is 4. The summed E-state index contributed by atoms with van der Waals surface area (Å²) >= 11 is 9.81.